The summed E-state index contributed by atoms with van der Waals surface area (Å²) in [4.78, 5) is 13.9. The van der Waals surface area contributed by atoms with E-state index in [0.717, 1.165) is 23.6 Å². The van der Waals surface area contributed by atoms with Crippen molar-refractivity contribution < 1.29 is 9.90 Å². The average Bonchev–Trinajstić information content (AvgIpc) is 2.75. The van der Waals surface area contributed by atoms with Crippen LogP contribution in [0.25, 0.3) is 0 Å². The first-order valence-corrected chi connectivity index (χ1v) is 6.13. The van der Waals surface area contributed by atoms with Gasteiger partial charge in [0.15, 0.2) is 0 Å². The number of aryl methyl sites for hydroxylation is 2. The zero-order valence-electron chi connectivity index (χ0n) is 11.1. The number of carbonyl (C=O) groups is 1. The number of nitrogens with zero attached hydrogens (tertiary/aromatic N) is 2. The van der Waals surface area contributed by atoms with Crippen molar-refractivity contribution in [3.05, 3.63) is 11.4 Å². The molecule has 1 aliphatic rings. The maximum atomic E-state index is 11.9. The molecule has 1 aliphatic heterocycles. The van der Waals surface area contributed by atoms with E-state index in [1.165, 1.54) is 0 Å². The van der Waals surface area contributed by atoms with E-state index in [4.69, 9.17) is 0 Å². The Morgan fingerprint density at radius 1 is 1.61 bits per heavy atom. The number of nitrogens with one attached hydrogen (secondary N) is 2. The van der Waals surface area contributed by atoms with Gasteiger partial charge < -0.3 is 10.4 Å². The Hall–Kier alpha value is -1.40. The fraction of sp³-hybridized carbons (Fsp3) is 0.667. The van der Waals surface area contributed by atoms with E-state index in [2.05, 4.69) is 15.5 Å². The van der Waals surface area contributed by atoms with Crippen LogP contribution in [0.2, 0.25) is 0 Å². The molecule has 0 aromatic carbocycles. The minimum Gasteiger partial charge on any atom is -0.389 e. The summed E-state index contributed by atoms with van der Waals surface area (Å²) in [7, 11) is 0. The first-order valence-electron chi connectivity index (χ1n) is 6.13. The molecule has 6 nitrogen and oxygen atoms in total. The van der Waals surface area contributed by atoms with E-state index in [9.17, 15) is 9.90 Å². The van der Waals surface area contributed by atoms with Crippen LogP contribution in [-0.2, 0) is 4.79 Å². The average molecular weight is 252 g/mol. The number of β-amino-alcohol motifs (C(OH)–C–C–N with tert-alkyl or cyclic N) is 1. The predicted octanol–water partition coefficient (Wildman–Crippen LogP) is 0.422. The Labute approximate surface area is 106 Å². The van der Waals surface area contributed by atoms with Gasteiger partial charge in [-0.3, -0.25) is 14.8 Å². The summed E-state index contributed by atoms with van der Waals surface area (Å²) in [6.45, 7) is 7.12. The number of carbonyl (C=O) groups excluding carboxylic acids is 1. The highest BCUT2D eigenvalue weighted by Crippen LogP contribution is 2.20. The minimum absolute atomic E-state index is 0.0692. The van der Waals surface area contributed by atoms with Crippen LogP contribution in [-0.4, -0.2) is 51.3 Å². The number of aromatic nitrogens is 2. The second-order valence-electron chi connectivity index (χ2n) is 5.31. The number of anilines is 1. The molecule has 0 radical (unpaired) electrons. The van der Waals surface area contributed by atoms with Crippen LogP contribution >= 0.6 is 0 Å². The smallest absolute Gasteiger partial charge is 0.238 e. The minimum atomic E-state index is -0.665. The topological polar surface area (TPSA) is 81.2 Å². The molecule has 1 aromatic rings. The standard InChI is InChI=1S/C12H20N4O2/c1-8-11(9(2)15-14-8)13-10(17)6-16-5-4-12(3,18)7-16/h18H,4-7H2,1-3H3,(H,13,17)(H,14,15). The zero-order valence-corrected chi connectivity index (χ0v) is 11.1. The van der Waals surface area contributed by atoms with Crippen molar-refractivity contribution in [3.8, 4) is 0 Å². The summed E-state index contributed by atoms with van der Waals surface area (Å²) in [6, 6.07) is 0. The van der Waals surface area contributed by atoms with Crippen molar-refractivity contribution in [2.45, 2.75) is 32.8 Å². The highest BCUT2D eigenvalue weighted by atomic mass is 16.3. The molecule has 2 heterocycles. The highest BCUT2D eigenvalue weighted by molar-refractivity contribution is 5.93. The Bertz CT molecular complexity index is 433. The number of hydrogen-bond acceptors (Lipinski definition) is 4. The summed E-state index contributed by atoms with van der Waals surface area (Å²) >= 11 is 0. The molecule has 0 saturated carbocycles. The van der Waals surface area contributed by atoms with Crippen LogP contribution in [0, 0.1) is 13.8 Å². The Balaban J connectivity index is 1.90. The van der Waals surface area contributed by atoms with Gasteiger partial charge in [0.2, 0.25) is 5.91 Å². The molecule has 0 spiro atoms. The molecule has 18 heavy (non-hydrogen) atoms. The lowest BCUT2D eigenvalue weighted by Crippen LogP contribution is -2.35. The number of aromatic amines is 1. The molecule has 0 aliphatic carbocycles. The summed E-state index contributed by atoms with van der Waals surface area (Å²) < 4.78 is 0. The van der Waals surface area contributed by atoms with Crippen molar-refractivity contribution in [3.63, 3.8) is 0 Å². The number of aliphatic hydroxyl groups is 1. The SMILES string of the molecule is Cc1n[nH]c(C)c1NC(=O)CN1CCC(C)(O)C1. The van der Waals surface area contributed by atoms with Gasteiger partial charge in [-0.15, -0.1) is 0 Å². The first-order chi connectivity index (χ1) is 8.37. The summed E-state index contributed by atoms with van der Waals surface area (Å²) in [6.07, 6.45) is 0.712. The molecule has 1 unspecified atom stereocenters. The third kappa shape index (κ3) is 2.88. The predicted molar refractivity (Wildman–Crippen MR) is 68.4 cm³/mol. The molecule has 1 atom stereocenters. The monoisotopic (exact) mass is 252 g/mol. The normalized spacial score (nSPS) is 24.4. The van der Waals surface area contributed by atoms with Crippen LogP contribution in [0.1, 0.15) is 24.7 Å². The van der Waals surface area contributed by atoms with E-state index in [1.807, 2.05) is 18.7 Å². The number of amides is 1. The molecular weight excluding hydrogens is 232 g/mol. The third-order valence-corrected chi connectivity index (χ3v) is 3.29. The molecule has 1 fully saturated rings. The Morgan fingerprint density at radius 3 is 2.83 bits per heavy atom. The molecule has 1 saturated heterocycles. The first kappa shape index (κ1) is 13.0. The molecule has 100 valence electrons. The number of rotatable bonds is 3. The highest BCUT2D eigenvalue weighted by Gasteiger charge is 2.32. The van der Waals surface area contributed by atoms with Crippen molar-refractivity contribution in [1.29, 1.82) is 0 Å². The van der Waals surface area contributed by atoms with E-state index in [-0.39, 0.29) is 5.91 Å². The number of hydrogen-bond donors (Lipinski definition) is 3. The molecule has 1 aromatic heterocycles. The van der Waals surface area contributed by atoms with Crippen molar-refractivity contribution >= 4 is 11.6 Å². The molecule has 2 rings (SSSR count). The van der Waals surface area contributed by atoms with Gasteiger partial charge in [-0.2, -0.15) is 5.10 Å². The summed E-state index contributed by atoms with van der Waals surface area (Å²) in [5.74, 6) is -0.0692. The second-order valence-corrected chi connectivity index (χ2v) is 5.31. The van der Waals surface area contributed by atoms with E-state index in [1.54, 1.807) is 6.92 Å². The van der Waals surface area contributed by atoms with Gasteiger partial charge in [0.1, 0.15) is 0 Å². The second kappa shape index (κ2) is 4.70. The molecule has 3 N–H and O–H groups in total. The fourth-order valence-electron chi connectivity index (χ4n) is 2.29. The van der Waals surface area contributed by atoms with Gasteiger partial charge in [-0.05, 0) is 27.2 Å². The molecule has 0 bridgehead atoms. The Kier molecular flexibility index (Phi) is 3.41. The lowest BCUT2D eigenvalue weighted by atomic mass is 10.1. The number of likely N-dealkylation sites (tertiary alicyclic amines) is 1. The summed E-state index contributed by atoms with van der Waals surface area (Å²) in [5.41, 5.74) is 1.73. The molecular formula is C12H20N4O2. The fourth-order valence-corrected chi connectivity index (χ4v) is 2.29. The Morgan fingerprint density at radius 2 is 2.33 bits per heavy atom. The van der Waals surface area contributed by atoms with Gasteiger partial charge in [0, 0.05) is 13.1 Å². The van der Waals surface area contributed by atoms with Gasteiger partial charge >= 0.3 is 0 Å². The van der Waals surface area contributed by atoms with Crippen LogP contribution in [0.5, 0.6) is 0 Å². The molecule has 6 heteroatoms. The van der Waals surface area contributed by atoms with Gasteiger partial charge in [0.05, 0.1) is 29.2 Å². The third-order valence-electron chi connectivity index (χ3n) is 3.29. The number of H-pyrrole nitrogens is 1. The van der Waals surface area contributed by atoms with E-state index < -0.39 is 5.60 Å². The van der Waals surface area contributed by atoms with Gasteiger partial charge in [-0.1, -0.05) is 0 Å². The van der Waals surface area contributed by atoms with Crippen molar-refractivity contribution in [2.24, 2.45) is 0 Å². The zero-order chi connectivity index (χ0) is 13.3. The quantitative estimate of drug-likeness (QED) is 0.728. The maximum Gasteiger partial charge on any atom is 0.238 e. The largest absolute Gasteiger partial charge is 0.389 e. The van der Waals surface area contributed by atoms with E-state index in [0.29, 0.717) is 19.5 Å². The van der Waals surface area contributed by atoms with Crippen LogP contribution in [0.15, 0.2) is 0 Å². The lowest BCUT2D eigenvalue weighted by molar-refractivity contribution is -0.117. The van der Waals surface area contributed by atoms with Crippen LogP contribution in [0.4, 0.5) is 5.69 Å². The summed E-state index contributed by atoms with van der Waals surface area (Å²) in [5, 5.41) is 19.6. The van der Waals surface area contributed by atoms with Crippen LogP contribution < -0.4 is 5.32 Å². The van der Waals surface area contributed by atoms with Gasteiger partial charge in [-0.25, -0.2) is 0 Å². The molecule has 1 amide bonds. The maximum absolute atomic E-state index is 11.9. The van der Waals surface area contributed by atoms with Crippen molar-refractivity contribution in [2.75, 3.05) is 25.0 Å². The van der Waals surface area contributed by atoms with Crippen LogP contribution in [0.3, 0.4) is 0 Å². The van der Waals surface area contributed by atoms with Crippen molar-refractivity contribution in [1.82, 2.24) is 15.1 Å². The van der Waals surface area contributed by atoms with Gasteiger partial charge in [0.25, 0.3) is 0 Å². The van der Waals surface area contributed by atoms with E-state index >= 15 is 0 Å². The lowest BCUT2D eigenvalue weighted by Gasteiger charge is -2.18.